The minimum Gasteiger partial charge on any atom is -0.393 e. The number of ketones is 1. The van der Waals surface area contributed by atoms with Crippen LogP contribution in [-0.2, 0) is 11.2 Å². The molecule has 4 aliphatic carbocycles. The Morgan fingerprint density at radius 1 is 1.18 bits per heavy atom. The van der Waals surface area contributed by atoms with Crippen LogP contribution in [0, 0.1) is 35.5 Å². The van der Waals surface area contributed by atoms with Crippen LogP contribution in [-0.4, -0.2) is 53.2 Å². The largest absolute Gasteiger partial charge is 0.393 e. The van der Waals surface area contributed by atoms with E-state index in [1.54, 1.807) is 6.20 Å². The first-order valence-corrected chi connectivity index (χ1v) is 17.5. The molecule has 0 spiro atoms. The van der Waals surface area contributed by atoms with Crippen LogP contribution in [0.1, 0.15) is 62.8 Å². The predicted octanol–water partition coefficient (Wildman–Crippen LogP) is 6.43. The second kappa shape index (κ2) is 10.1. The Hall–Kier alpha value is -2.85. The Morgan fingerprint density at radius 2 is 2.00 bits per heavy atom. The van der Waals surface area contributed by atoms with Gasteiger partial charge in [0.2, 0.25) is 0 Å². The molecule has 9 heteroatoms. The van der Waals surface area contributed by atoms with Gasteiger partial charge >= 0.3 is 0 Å². The van der Waals surface area contributed by atoms with E-state index in [9.17, 15) is 15.0 Å². The van der Waals surface area contributed by atoms with E-state index in [0.29, 0.717) is 12.8 Å². The van der Waals surface area contributed by atoms with Gasteiger partial charge < -0.3 is 10.2 Å². The van der Waals surface area contributed by atoms with Crippen LogP contribution >= 0.6 is 23.1 Å². The number of pyridine rings is 1. The van der Waals surface area contributed by atoms with Crippen LogP contribution in [0.3, 0.4) is 0 Å². The van der Waals surface area contributed by atoms with Gasteiger partial charge in [0.15, 0.2) is 10.1 Å². The maximum absolute atomic E-state index is 13.8. The summed E-state index contributed by atoms with van der Waals surface area (Å²) in [7, 11) is 0. The van der Waals surface area contributed by atoms with Crippen LogP contribution in [0.5, 0.6) is 0 Å². The average Bonchev–Trinajstić information content (AvgIpc) is 3.68. The number of aliphatic hydroxyl groups is 2. The number of aromatic nitrogens is 4. The number of nitrogens with zero attached hydrogens (tertiary/aromatic N) is 4. The van der Waals surface area contributed by atoms with Gasteiger partial charge in [-0.3, -0.25) is 4.79 Å². The molecule has 7 nitrogen and oxygen atoms in total. The van der Waals surface area contributed by atoms with Crippen molar-refractivity contribution < 1.29 is 15.0 Å². The number of carbonyl (C=O) groups is 1. The number of hydrogen-bond donors (Lipinski definition) is 2. The fraction of sp³-hybridized carbons (Fsp3) is 0.486. The average molecular weight is 627 g/mol. The SMILES string of the molecule is Cc1ccc(-n2ncc3c2C=C2CCC4C([C@@H](O)CC5(C)C4CC[C@]5(O)C(=O)CSc4nc5cccnc5s4)C2(C)C3)cc1. The topological polar surface area (TPSA) is 101 Å². The Morgan fingerprint density at radius 3 is 2.80 bits per heavy atom. The molecule has 3 fully saturated rings. The van der Waals surface area contributed by atoms with Crippen molar-refractivity contribution in [2.24, 2.45) is 28.6 Å². The predicted molar refractivity (Wildman–Crippen MR) is 174 cm³/mol. The van der Waals surface area contributed by atoms with Crippen LogP contribution in [0.4, 0.5) is 0 Å². The van der Waals surface area contributed by atoms with Gasteiger partial charge in [0.05, 0.1) is 29.4 Å². The van der Waals surface area contributed by atoms with E-state index in [4.69, 9.17) is 5.10 Å². The second-order valence-corrected chi connectivity index (χ2v) is 16.2. The minimum atomic E-state index is -1.45. The van der Waals surface area contributed by atoms with E-state index in [1.807, 2.05) is 23.0 Å². The monoisotopic (exact) mass is 626 g/mol. The van der Waals surface area contributed by atoms with Gasteiger partial charge in [0.1, 0.15) is 15.9 Å². The molecule has 1 aromatic carbocycles. The van der Waals surface area contributed by atoms with Crippen molar-refractivity contribution in [2.75, 3.05) is 5.75 Å². The van der Waals surface area contributed by atoms with Gasteiger partial charge in [-0.1, -0.05) is 60.2 Å². The Balaban J connectivity index is 1.05. The number of aliphatic hydroxyl groups excluding tert-OH is 1. The Bertz CT molecular complexity index is 1780. The molecule has 4 aromatic rings. The first kappa shape index (κ1) is 28.6. The third kappa shape index (κ3) is 4.08. The highest BCUT2D eigenvalue weighted by molar-refractivity contribution is 8.01. The Kier molecular flexibility index (Phi) is 6.55. The number of hydrogen-bond acceptors (Lipinski definition) is 8. The molecule has 228 valence electrons. The summed E-state index contributed by atoms with van der Waals surface area (Å²) in [5.41, 5.74) is 4.60. The number of thiazole rings is 1. The first-order chi connectivity index (χ1) is 21.1. The van der Waals surface area contributed by atoms with Gasteiger partial charge in [0, 0.05) is 11.6 Å². The molecular weight excluding hydrogens is 589 g/mol. The molecule has 5 unspecified atom stereocenters. The summed E-state index contributed by atoms with van der Waals surface area (Å²) in [6.07, 6.45) is 9.98. The highest BCUT2D eigenvalue weighted by Gasteiger charge is 2.68. The zero-order valence-corrected chi connectivity index (χ0v) is 27.0. The van der Waals surface area contributed by atoms with E-state index in [1.165, 1.54) is 39.8 Å². The Labute approximate surface area is 265 Å². The quantitative estimate of drug-likeness (QED) is 0.246. The van der Waals surface area contributed by atoms with Crippen molar-refractivity contribution in [3.8, 4) is 5.69 Å². The van der Waals surface area contributed by atoms with E-state index >= 15 is 0 Å². The van der Waals surface area contributed by atoms with Gasteiger partial charge in [-0.25, -0.2) is 14.6 Å². The molecule has 0 amide bonds. The summed E-state index contributed by atoms with van der Waals surface area (Å²) in [6, 6.07) is 12.3. The van der Waals surface area contributed by atoms with Crippen molar-refractivity contribution >= 4 is 45.3 Å². The lowest BCUT2D eigenvalue weighted by molar-refractivity contribution is -0.177. The smallest absolute Gasteiger partial charge is 0.175 e. The highest BCUT2D eigenvalue weighted by atomic mass is 32.2. The van der Waals surface area contributed by atoms with E-state index in [2.05, 4.69) is 61.1 Å². The molecule has 7 atom stereocenters. The third-order valence-electron chi connectivity index (χ3n) is 11.8. The lowest BCUT2D eigenvalue weighted by atomic mass is 9.45. The molecule has 0 bridgehead atoms. The van der Waals surface area contributed by atoms with E-state index < -0.39 is 17.1 Å². The van der Waals surface area contributed by atoms with Crippen molar-refractivity contribution in [3.05, 3.63) is 71.2 Å². The molecular formula is C35H38N4O3S2. The number of allylic oxidation sites excluding steroid dienone is 1. The molecule has 44 heavy (non-hydrogen) atoms. The lowest BCUT2D eigenvalue weighted by Gasteiger charge is -2.60. The zero-order valence-electron chi connectivity index (χ0n) is 25.4. The number of thioether (sulfide) groups is 1. The number of carbonyl (C=O) groups excluding carboxylic acids is 1. The second-order valence-electron chi connectivity index (χ2n) is 14.0. The minimum absolute atomic E-state index is 0.0820. The number of rotatable bonds is 5. The normalized spacial score (nSPS) is 34.2. The highest BCUT2D eigenvalue weighted by Crippen LogP contribution is 2.67. The molecule has 3 heterocycles. The summed E-state index contributed by atoms with van der Waals surface area (Å²) >= 11 is 2.87. The van der Waals surface area contributed by atoms with Crippen LogP contribution < -0.4 is 0 Å². The van der Waals surface area contributed by atoms with Crippen molar-refractivity contribution in [2.45, 2.75) is 75.3 Å². The molecule has 3 saturated carbocycles. The molecule has 2 N–H and O–H groups in total. The summed E-state index contributed by atoms with van der Waals surface area (Å²) < 4.78 is 2.84. The van der Waals surface area contributed by atoms with Crippen molar-refractivity contribution in [1.29, 1.82) is 0 Å². The first-order valence-electron chi connectivity index (χ1n) is 15.7. The maximum Gasteiger partial charge on any atom is 0.175 e. The molecule has 0 aliphatic heterocycles. The van der Waals surface area contributed by atoms with Crippen LogP contribution in [0.25, 0.3) is 22.1 Å². The lowest BCUT2D eigenvalue weighted by Crippen LogP contribution is -2.62. The van der Waals surface area contributed by atoms with Gasteiger partial charge in [-0.2, -0.15) is 5.10 Å². The number of fused-ring (bicyclic) bond motifs is 7. The number of aryl methyl sites for hydroxylation is 1. The zero-order chi connectivity index (χ0) is 30.4. The number of Topliss-reactive ketones (excluding diaryl/α,β-unsaturated/α-hetero) is 1. The number of benzene rings is 1. The van der Waals surface area contributed by atoms with Gasteiger partial charge in [0.25, 0.3) is 0 Å². The van der Waals surface area contributed by atoms with Crippen molar-refractivity contribution in [3.63, 3.8) is 0 Å². The fourth-order valence-electron chi connectivity index (χ4n) is 9.60. The molecule has 0 radical (unpaired) electrons. The third-order valence-corrected chi connectivity index (χ3v) is 13.9. The standard InChI is InChI=1S/C35H38N4O3S2/c1-20-6-9-23(10-7-20)39-27-15-22-8-11-24-25-12-13-35(42,29(41)19-43-32-38-26-5-4-14-36-31(26)44-32)34(25,3)17-28(40)30(24)33(22,2)16-21(27)18-37-39/h4-7,9-10,14-15,18,24-25,28,30,40,42H,8,11-13,16-17,19H2,1-3H3/t24?,25?,28-,30?,33?,34?,35-/m0/s1. The molecule has 8 rings (SSSR count). The summed E-state index contributed by atoms with van der Waals surface area (Å²) in [4.78, 5) is 23.7. The summed E-state index contributed by atoms with van der Waals surface area (Å²) in [6.45, 7) is 6.51. The molecule has 4 aliphatic rings. The van der Waals surface area contributed by atoms with Gasteiger partial charge in [-0.05, 0) is 105 Å². The van der Waals surface area contributed by atoms with Crippen LogP contribution in [0.2, 0.25) is 0 Å². The van der Waals surface area contributed by atoms with E-state index in [0.717, 1.165) is 51.8 Å². The molecule has 3 aromatic heterocycles. The van der Waals surface area contributed by atoms with E-state index in [-0.39, 0.29) is 34.7 Å². The van der Waals surface area contributed by atoms with Crippen LogP contribution in [0.15, 0.2) is 58.7 Å². The molecule has 0 saturated heterocycles. The summed E-state index contributed by atoms with van der Waals surface area (Å²) in [5, 5.41) is 29.0. The summed E-state index contributed by atoms with van der Waals surface area (Å²) in [5.74, 6) is 0.555. The maximum atomic E-state index is 13.8. The van der Waals surface area contributed by atoms with Crippen molar-refractivity contribution in [1.82, 2.24) is 19.7 Å². The van der Waals surface area contributed by atoms with Gasteiger partial charge in [-0.15, -0.1) is 0 Å². The fourth-order valence-corrected chi connectivity index (χ4v) is 11.5.